The smallest absolute Gasteiger partial charge is 0.333 e. The van der Waals surface area contributed by atoms with Gasteiger partial charge in [0.05, 0.1) is 5.69 Å². The van der Waals surface area contributed by atoms with Crippen LogP contribution in [0.4, 0.5) is 0 Å². The molecular formula is C16H23N3O5. The number of aromatic amines is 1. The van der Waals surface area contributed by atoms with E-state index in [1.807, 2.05) is 13.8 Å². The van der Waals surface area contributed by atoms with Crippen LogP contribution in [0, 0.1) is 5.92 Å². The molecule has 0 radical (unpaired) electrons. The first-order chi connectivity index (χ1) is 11.4. The minimum Gasteiger partial charge on any atom is -0.479 e. The average molecular weight is 337 g/mol. The molecule has 1 saturated heterocycles. The van der Waals surface area contributed by atoms with Gasteiger partial charge >= 0.3 is 5.97 Å². The van der Waals surface area contributed by atoms with Crippen LogP contribution in [0.5, 0.6) is 0 Å². The van der Waals surface area contributed by atoms with Crippen molar-refractivity contribution < 1.29 is 19.4 Å². The lowest BCUT2D eigenvalue weighted by molar-refractivity contribution is -0.153. The molecule has 1 fully saturated rings. The van der Waals surface area contributed by atoms with Gasteiger partial charge in [-0.1, -0.05) is 20.8 Å². The van der Waals surface area contributed by atoms with Crippen molar-refractivity contribution in [2.24, 2.45) is 5.92 Å². The van der Waals surface area contributed by atoms with E-state index in [9.17, 15) is 14.4 Å². The number of carbonyl (C=O) groups is 2. The van der Waals surface area contributed by atoms with Crippen molar-refractivity contribution >= 4 is 11.9 Å². The third-order valence-corrected chi connectivity index (χ3v) is 4.36. The highest BCUT2D eigenvalue weighted by molar-refractivity contribution is 5.82. The van der Waals surface area contributed by atoms with Gasteiger partial charge in [0.15, 0.2) is 6.10 Å². The lowest BCUT2D eigenvalue weighted by Crippen LogP contribution is -2.37. The zero-order valence-electron chi connectivity index (χ0n) is 14.1. The summed E-state index contributed by atoms with van der Waals surface area (Å²) >= 11 is 0. The SMILES string of the molecule is CCc1n[nH]c(=O)c(CNC(=O)[C@@H]2C[C@H](C)[C@@H](C(=O)O)O2)c1CC. The molecule has 2 rings (SSSR count). The molecule has 0 unspecified atom stereocenters. The Bertz CT molecular complexity index is 685. The van der Waals surface area contributed by atoms with Gasteiger partial charge in [-0.3, -0.25) is 9.59 Å². The van der Waals surface area contributed by atoms with Crippen LogP contribution in [0.25, 0.3) is 0 Å². The average Bonchev–Trinajstić information content (AvgIpc) is 2.95. The van der Waals surface area contributed by atoms with E-state index in [1.54, 1.807) is 6.92 Å². The number of ether oxygens (including phenoxy) is 1. The van der Waals surface area contributed by atoms with Gasteiger partial charge in [0, 0.05) is 12.1 Å². The molecule has 132 valence electrons. The minimum absolute atomic E-state index is 0.0683. The highest BCUT2D eigenvalue weighted by atomic mass is 16.5. The summed E-state index contributed by atoms with van der Waals surface area (Å²) in [5.41, 5.74) is 1.80. The fourth-order valence-corrected chi connectivity index (χ4v) is 3.05. The van der Waals surface area contributed by atoms with E-state index in [2.05, 4.69) is 15.5 Å². The van der Waals surface area contributed by atoms with E-state index in [4.69, 9.17) is 9.84 Å². The van der Waals surface area contributed by atoms with Crippen molar-refractivity contribution in [3.63, 3.8) is 0 Å². The summed E-state index contributed by atoms with van der Waals surface area (Å²) in [5.74, 6) is -1.70. The Balaban J connectivity index is 2.08. The number of carbonyl (C=O) groups excluding carboxylic acids is 1. The highest BCUT2D eigenvalue weighted by Gasteiger charge is 2.40. The summed E-state index contributed by atoms with van der Waals surface area (Å²) in [4.78, 5) is 35.3. The van der Waals surface area contributed by atoms with Crippen molar-refractivity contribution in [1.82, 2.24) is 15.5 Å². The minimum atomic E-state index is -1.07. The number of nitrogens with one attached hydrogen (secondary N) is 2. The Kier molecular flexibility index (Phi) is 5.71. The molecule has 1 aromatic heterocycles. The molecule has 8 nitrogen and oxygen atoms in total. The number of hydrogen-bond donors (Lipinski definition) is 3. The topological polar surface area (TPSA) is 121 Å². The summed E-state index contributed by atoms with van der Waals surface area (Å²) in [6.07, 6.45) is -0.106. The third kappa shape index (κ3) is 3.64. The predicted molar refractivity (Wildman–Crippen MR) is 85.5 cm³/mol. The monoisotopic (exact) mass is 337 g/mol. The van der Waals surface area contributed by atoms with E-state index < -0.39 is 24.1 Å². The highest BCUT2D eigenvalue weighted by Crippen LogP contribution is 2.26. The molecule has 0 bridgehead atoms. The van der Waals surface area contributed by atoms with Crippen LogP contribution in [0.15, 0.2) is 4.79 Å². The zero-order chi connectivity index (χ0) is 17.9. The summed E-state index contributed by atoms with van der Waals surface area (Å²) in [7, 11) is 0. The van der Waals surface area contributed by atoms with E-state index in [1.165, 1.54) is 0 Å². The number of carboxylic acids is 1. The quantitative estimate of drug-likeness (QED) is 0.690. The second-order valence-corrected chi connectivity index (χ2v) is 5.98. The van der Waals surface area contributed by atoms with E-state index in [-0.39, 0.29) is 18.0 Å². The molecule has 0 saturated carbocycles. The van der Waals surface area contributed by atoms with Crippen LogP contribution in [-0.4, -0.2) is 39.4 Å². The van der Waals surface area contributed by atoms with Gasteiger partial charge in [-0.05, 0) is 30.7 Å². The first kappa shape index (κ1) is 18.1. The second kappa shape index (κ2) is 7.57. The largest absolute Gasteiger partial charge is 0.479 e. The maximum absolute atomic E-state index is 12.2. The number of amides is 1. The van der Waals surface area contributed by atoms with Gasteiger partial charge in [-0.25, -0.2) is 9.89 Å². The fraction of sp³-hybridized carbons (Fsp3) is 0.625. The third-order valence-electron chi connectivity index (χ3n) is 4.36. The maximum Gasteiger partial charge on any atom is 0.333 e. The molecule has 0 aliphatic carbocycles. The van der Waals surface area contributed by atoms with E-state index in [0.717, 1.165) is 11.3 Å². The van der Waals surface area contributed by atoms with Crippen molar-refractivity contribution in [3.05, 3.63) is 27.2 Å². The van der Waals surface area contributed by atoms with Gasteiger partial charge in [0.25, 0.3) is 5.56 Å². The normalized spacial score (nSPS) is 23.2. The van der Waals surface area contributed by atoms with Gasteiger partial charge in [-0.2, -0.15) is 5.10 Å². The molecule has 1 aliphatic heterocycles. The molecule has 3 atom stereocenters. The van der Waals surface area contributed by atoms with Crippen LogP contribution >= 0.6 is 0 Å². The molecule has 1 aromatic rings. The van der Waals surface area contributed by atoms with Crippen LogP contribution in [0.2, 0.25) is 0 Å². The first-order valence-electron chi connectivity index (χ1n) is 8.14. The molecule has 3 N–H and O–H groups in total. The molecule has 1 aliphatic rings. The Morgan fingerprint density at radius 2 is 2.04 bits per heavy atom. The number of rotatable bonds is 6. The number of aromatic nitrogens is 2. The number of H-pyrrole nitrogens is 1. The molecule has 1 amide bonds. The molecule has 8 heteroatoms. The Morgan fingerprint density at radius 3 is 2.58 bits per heavy atom. The molecule has 0 aromatic carbocycles. The van der Waals surface area contributed by atoms with Crippen molar-refractivity contribution in [2.45, 2.75) is 58.8 Å². The maximum atomic E-state index is 12.2. The predicted octanol–water partition coefficient (Wildman–Crippen LogP) is 0.389. The molecular weight excluding hydrogens is 314 g/mol. The summed E-state index contributed by atoms with van der Waals surface area (Å²) in [5, 5.41) is 18.2. The number of nitrogens with zero attached hydrogens (tertiary/aromatic N) is 1. The van der Waals surface area contributed by atoms with Gasteiger partial charge in [0.2, 0.25) is 5.91 Å². The molecule has 0 spiro atoms. The van der Waals surface area contributed by atoms with Crippen LogP contribution < -0.4 is 10.9 Å². The molecule has 24 heavy (non-hydrogen) atoms. The van der Waals surface area contributed by atoms with Crippen molar-refractivity contribution in [3.8, 4) is 0 Å². The van der Waals surface area contributed by atoms with Crippen LogP contribution in [0.1, 0.15) is 44.0 Å². The summed E-state index contributed by atoms with van der Waals surface area (Å²) in [6.45, 7) is 5.68. The Hall–Kier alpha value is -2.22. The van der Waals surface area contributed by atoms with Crippen LogP contribution in [-0.2, 0) is 33.7 Å². The lowest BCUT2D eigenvalue weighted by Gasteiger charge is -2.14. The Morgan fingerprint density at radius 1 is 1.33 bits per heavy atom. The summed E-state index contributed by atoms with van der Waals surface area (Å²) in [6, 6.07) is 0. The second-order valence-electron chi connectivity index (χ2n) is 5.98. The fourth-order valence-electron chi connectivity index (χ4n) is 3.05. The summed E-state index contributed by atoms with van der Waals surface area (Å²) < 4.78 is 5.31. The molecule has 2 heterocycles. The van der Waals surface area contributed by atoms with Gasteiger partial charge < -0.3 is 15.2 Å². The van der Waals surface area contributed by atoms with Gasteiger partial charge in [0.1, 0.15) is 6.10 Å². The Labute approximate surface area is 139 Å². The van der Waals surface area contributed by atoms with Crippen molar-refractivity contribution in [1.29, 1.82) is 0 Å². The van der Waals surface area contributed by atoms with E-state index >= 15 is 0 Å². The standard InChI is InChI=1S/C16H23N3O5/c1-4-9-10(14(20)19-18-11(9)5-2)7-17-15(21)12-6-8(3)13(24-12)16(22)23/h8,12-13H,4-7H2,1-3H3,(H,17,21)(H,19,20)(H,22,23)/t8-,12-,13-/m0/s1. The van der Waals surface area contributed by atoms with Crippen molar-refractivity contribution in [2.75, 3.05) is 0 Å². The van der Waals surface area contributed by atoms with Crippen LogP contribution in [0.3, 0.4) is 0 Å². The van der Waals surface area contributed by atoms with Gasteiger partial charge in [-0.15, -0.1) is 0 Å². The number of hydrogen-bond acceptors (Lipinski definition) is 5. The number of carboxylic acid groups (broad SMARTS) is 1. The lowest BCUT2D eigenvalue weighted by atomic mass is 10.0. The van der Waals surface area contributed by atoms with E-state index in [0.29, 0.717) is 24.8 Å². The zero-order valence-corrected chi connectivity index (χ0v) is 14.1. The number of aryl methyl sites for hydroxylation is 1. The first-order valence-corrected chi connectivity index (χ1v) is 8.14. The number of aliphatic carboxylic acids is 1.